The highest BCUT2D eigenvalue weighted by atomic mass is 79.9. The van der Waals surface area contributed by atoms with Gasteiger partial charge in [-0.1, -0.05) is 0 Å². The Morgan fingerprint density at radius 2 is 2.23 bits per heavy atom. The molecule has 1 aromatic carbocycles. The maximum absolute atomic E-state index is 12.7. The summed E-state index contributed by atoms with van der Waals surface area (Å²) in [4.78, 5) is 0. The van der Waals surface area contributed by atoms with E-state index in [0.717, 1.165) is 22.6 Å². The monoisotopic (exact) mass is 243 g/mol. The molecule has 0 spiro atoms. The molecule has 13 heavy (non-hydrogen) atoms. The van der Waals surface area contributed by atoms with Crippen LogP contribution in [-0.2, 0) is 0 Å². The first-order valence-electron chi connectivity index (χ1n) is 4.44. The fraction of sp³-hybridized carbons (Fsp3) is 0.400. The van der Waals surface area contributed by atoms with Crippen LogP contribution in [0.3, 0.4) is 0 Å². The average Bonchev–Trinajstić information content (AvgIpc) is 2.86. The molecule has 1 N–H and O–H groups in total. The van der Waals surface area contributed by atoms with Crippen molar-refractivity contribution in [3.8, 4) is 0 Å². The lowest BCUT2D eigenvalue weighted by atomic mass is 10.3. The third kappa shape index (κ3) is 2.44. The fourth-order valence-electron chi connectivity index (χ4n) is 1.21. The molecule has 3 heteroatoms. The number of nitrogens with one attached hydrogen (secondary N) is 1. The summed E-state index contributed by atoms with van der Waals surface area (Å²) in [5.41, 5.74) is 0.980. The molecule has 0 saturated heterocycles. The van der Waals surface area contributed by atoms with Crippen molar-refractivity contribution in [3.63, 3.8) is 0 Å². The number of rotatable bonds is 3. The Hall–Kier alpha value is -0.570. The minimum absolute atomic E-state index is 0.205. The third-order valence-corrected chi connectivity index (χ3v) is 2.87. The third-order valence-electron chi connectivity index (χ3n) is 2.21. The minimum Gasteiger partial charge on any atom is -0.384 e. The van der Waals surface area contributed by atoms with E-state index < -0.39 is 0 Å². The van der Waals surface area contributed by atoms with Gasteiger partial charge in [-0.3, -0.25) is 0 Å². The largest absolute Gasteiger partial charge is 0.384 e. The maximum Gasteiger partial charge on any atom is 0.124 e. The summed E-state index contributed by atoms with van der Waals surface area (Å²) in [6.45, 7) is 1.00. The van der Waals surface area contributed by atoms with Crippen molar-refractivity contribution in [2.45, 2.75) is 12.8 Å². The number of halogens is 2. The first kappa shape index (κ1) is 9.00. The SMILES string of the molecule is Fc1ccc(NCC2CC2)c(Br)c1. The maximum atomic E-state index is 12.7. The lowest BCUT2D eigenvalue weighted by Gasteiger charge is -2.07. The molecule has 0 aliphatic heterocycles. The Kier molecular flexibility index (Phi) is 2.54. The fourth-order valence-corrected chi connectivity index (χ4v) is 1.70. The average molecular weight is 244 g/mol. The molecule has 2 rings (SSSR count). The van der Waals surface area contributed by atoms with Crippen LogP contribution in [-0.4, -0.2) is 6.54 Å². The van der Waals surface area contributed by atoms with Crippen LogP contribution in [0.15, 0.2) is 22.7 Å². The molecule has 0 heterocycles. The first-order valence-corrected chi connectivity index (χ1v) is 5.24. The van der Waals surface area contributed by atoms with Crippen molar-refractivity contribution in [1.29, 1.82) is 0 Å². The van der Waals surface area contributed by atoms with E-state index in [9.17, 15) is 4.39 Å². The molecule has 0 aromatic heterocycles. The smallest absolute Gasteiger partial charge is 0.124 e. The Labute approximate surface area is 85.5 Å². The van der Waals surface area contributed by atoms with Crippen LogP contribution in [0.4, 0.5) is 10.1 Å². The summed E-state index contributed by atoms with van der Waals surface area (Å²) < 4.78 is 13.5. The molecule has 0 amide bonds. The van der Waals surface area contributed by atoms with Crippen LogP contribution in [0.1, 0.15) is 12.8 Å². The van der Waals surface area contributed by atoms with E-state index in [1.165, 1.54) is 25.0 Å². The lowest BCUT2D eigenvalue weighted by Crippen LogP contribution is -2.03. The molecule has 1 nitrogen and oxygen atoms in total. The summed E-state index contributed by atoms with van der Waals surface area (Å²) in [5, 5.41) is 3.29. The number of hydrogen-bond acceptors (Lipinski definition) is 1. The van der Waals surface area contributed by atoms with Gasteiger partial charge < -0.3 is 5.32 Å². The van der Waals surface area contributed by atoms with Crippen LogP contribution in [0, 0.1) is 11.7 Å². The van der Waals surface area contributed by atoms with E-state index in [4.69, 9.17) is 0 Å². The molecule has 0 unspecified atom stereocenters. The predicted molar refractivity (Wildman–Crippen MR) is 55.3 cm³/mol. The Morgan fingerprint density at radius 3 is 2.85 bits per heavy atom. The highest BCUT2D eigenvalue weighted by Crippen LogP contribution is 2.30. The highest BCUT2D eigenvalue weighted by Gasteiger charge is 2.20. The summed E-state index contributed by atoms with van der Waals surface area (Å²) in [5.74, 6) is 0.626. The number of hydrogen-bond donors (Lipinski definition) is 1. The van der Waals surface area contributed by atoms with Crippen LogP contribution in [0.25, 0.3) is 0 Å². The number of anilines is 1. The highest BCUT2D eigenvalue weighted by molar-refractivity contribution is 9.10. The zero-order chi connectivity index (χ0) is 9.26. The van der Waals surface area contributed by atoms with Crippen molar-refractivity contribution in [1.82, 2.24) is 0 Å². The molecular formula is C10H11BrFN. The second kappa shape index (κ2) is 3.66. The van der Waals surface area contributed by atoms with Gasteiger partial charge in [-0.25, -0.2) is 4.39 Å². The van der Waals surface area contributed by atoms with Crippen molar-refractivity contribution < 1.29 is 4.39 Å². The van der Waals surface area contributed by atoms with E-state index in [0.29, 0.717) is 0 Å². The Balaban J connectivity index is 2.01. The van der Waals surface area contributed by atoms with E-state index in [1.54, 1.807) is 6.07 Å². The van der Waals surface area contributed by atoms with E-state index >= 15 is 0 Å². The molecule has 1 saturated carbocycles. The molecule has 1 fully saturated rings. The lowest BCUT2D eigenvalue weighted by molar-refractivity contribution is 0.627. The second-order valence-corrected chi connectivity index (χ2v) is 4.30. The number of benzene rings is 1. The molecule has 1 aromatic rings. The Morgan fingerprint density at radius 1 is 1.46 bits per heavy atom. The van der Waals surface area contributed by atoms with Crippen LogP contribution in [0.5, 0.6) is 0 Å². The van der Waals surface area contributed by atoms with Gasteiger partial charge in [0.15, 0.2) is 0 Å². The zero-order valence-electron chi connectivity index (χ0n) is 7.19. The van der Waals surface area contributed by atoms with Crippen LogP contribution in [0.2, 0.25) is 0 Å². The van der Waals surface area contributed by atoms with Crippen molar-refractivity contribution in [2.24, 2.45) is 5.92 Å². The van der Waals surface area contributed by atoms with Crippen LogP contribution >= 0.6 is 15.9 Å². The summed E-state index contributed by atoms with van der Waals surface area (Å²) in [7, 11) is 0. The van der Waals surface area contributed by atoms with Crippen LogP contribution < -0.4 is 5.32 Å². The predicted octanol–water partition coefficient (Wildman–Crippen LogP) is 3.41. The van der Waals surface area contributed by atoms with Gasteiger partial charge in [0.25, 0.3) is 0 Å². The van der Waals surface area contributed by atoms with Gasteiger partial charge in [-0.05, 0) is 52.9 Å². The van der Waals surface area contributed by atoms with Crippen molar-refractivity contribution in [2.75, 3.05) is 11.9 Å². The minimum atomic E-state index is -0.205. The van der Waals surface area contributed by atoms with Gasteiger partial charge in [0.05, 0.1) is 0 Å². The van der Waals surface area contributed by atoms with Gasteiger partial charge >= 0.3 is 0 Å². The molecule has 1 aliphatic carbocycles. The second-order valence-electron chi connectivity index (χ2n) is 3.45. The zero-order valence-corrected chi connectivity index (χ0v) is 8.77. The van der Waals surface area contributed by atoms with Gasteiger partial charge in [-0.15, -0.1) is 0 Å². The van der Waals surface area contributed by atoms with Gasteiger partial charge in [0.1, 0.15) is 5.82 Å². The van der Waals surface area contributed by atoms with Crippen molar-refractivity contribution >= 4 is 21.6 Å². The molecular weight excluding hydrogens is 233 g/mol. The molecule has 0 radical (unpaired) electrons. The van der Waals surface area contributed by atoms with E-state index in [1.807, 2.05) is 0 Å². The summed E-state index contributed by atoms with van der Waals surface area (Å²) in [6, 6.07) is 4.72. The molecule has 70 valence electrons. The molecule has 0 atom stereocenters. The topological polar surface area (TPSA) is 12.0 Å². The molecule has 0 bridgehead atoms. The van der Waals surface area contributed by atoms with Gasteiger partial charge in [-0.2, -0.15) is 0 Å². The summed E-state index contributed by atoms with van der Waals surface area (Å²) in [6.07, 6.45) is 2.65. The molecule has 1 aliphatic rings. The van der Waals surface area contributed by atoms with Crippen molar-refractivity contribution in [3.05, 3.63) is 28.5 Å². The normalized spacial score (nSPS) is 15.8. The first-order chi connectivity index (χ1) is 6.25. The van der Waals surface area contributed by atoms with E-state index in [2.05, 4.69) is 21.2 Å². The quantitative estimate of drug-likeness (QED) is 0.859. The summed E-state index contributed by atoms with van der Waals surface area (Å²) >= 11 is 3.32. The Bertz CT molecular complexity index is 310. The van der Waals surface area contributed by atoms with E-state index in [-0.39, 0.29) is 5.82 Å². The van der Waals surface area contributed by atoms with Gasteiger partial charge in [0.2, 0.25) is 0 Å². The standard InChI is InChI=1S/C10H11BrFN/c11-9-5-8(12)3-4-10(9)13-6-7-1-2-7/h3-5,7,13H,1-2,6H2. The van der Waals surface area contributed by atoms with Gasteiger partial charge in [0, 0.05) is 16.7 Å².